The van der Waals surface area contributed by atoms with Gasteiger partial charge in [-0.25, -0.2) is 9.78 Å². The van der Waals surface area contributed by atoms with E-state index >= 15 is 0 Å². The Morgan fingerprint density at radius 2 is 1.60 bits per heavy atom. The summed E-state index contributed by atoms with van der Waals surface area (Å²) < 4.78 is 64.0. The molecule has 0 saturated heterocycles. The second-order valence-electron chi connectivity index (χ2n) is 11.5. The Morgan fingerprint density at radius 3 is 2.29 bits per heavy atom. The van der Waals surface area contributed by atoms with Gasteiger partial charge in [0.1, 0.15) is 4.70 Å². The lowest BCUT2D eigenvalue weighted by Crippen LogP contribution is -2.52. The number of hydrogen-bond donors (Lipinski definition) is 3. The van der Waals surface area contributed by atoms with Crippen LogP contribution in [0.5, 0.6) is 11.5 Å². The first kappa shape index (κ1) is 33.0. The first-order chi connectivity index (χ1) is 22.9. The summed E-state index contributed by atoms with van der Waals surface area (Å²) in [6, 6.07) is 15.9. The molecule has 0 spiro atoms. The van der Waals surface area contributed by atoms with E-state index in [0.717, 1.165) is 43.1 Å². The van der Waals surface area contributed by atoms with E-state index in [4.69, 9.17) is 5.11 Å². The van der Waals surface area contributed by atoms with E-state index in [1.807, 2.05) is 24.3 Å². The van der Waals surface area contributed by atoms with Gasteiger partial charge in [-0.2, -0.15) is 17.6 Å². The molecular formula is C33H30F4N4O6S. The molecule has 1 aliphatic carbocycles. The van der Waals surface area contributed by atoms with Crippen molar-refractivity contribution in [2.45, 2.75) is 63.2 Å². The molecule has 0 atom stereocenters. The molecule has 0 bridgehead atoms. The van der Waals surface area contributed by atoms with Gasteiger partial charge in [0.05, 0.1) is 18.5 Å². The summed E-state index contributed by atoms with van der Waals surface area (Å²) in [6.07, 6.45) is -4.27. The SMILES string of the molecule is O=C(O)CCNC(=O)c1ccc(CN(C(=O)Nc2nc3ccc4c(c3s2)OC(F)(F)C(F)(F)O4)c2ccc(C3CCCCC3)cc2)cc1. The van der Waals surface area contributed by atoms with Gasteiger partial charge in [0.25, 0.3) is 5.91 Å². The van der Waals surface area contributed by atoms with Gasteiger partial charge in [-0.15, -0.1) is 0 Å². The number of alkyl halides is 4. The van der Waals surface area contributed by atoms with E-state index in [-0.39, 0.29) is 34.9 Å². The normalized spacial score (nSPS) is 16.7. The molecule has 1 fully saturated rings. The van der Waals surface area contributed by atoms with Crippen LogP contribution in [0.15, 0.2) is 60.7 Å². The monoisotopic (exact) mass is 686 g/mol. The van der Waals surface area contributed by atoms with E-state index in [2.05, 4.69) is 25.1 Å². The first-order valence-corrected chi connectivity index (χ1v) is 16.1. The van der Waals surface area contributed by atoms with Gasteiger partial charge >= 0.3 is 24.2 Å². The molecule has 3 amide bonds. The number of halogens is 4. The molecule has 10 nitrogen and oxygen atoms in total. The highest BCUT2D eigenvalue weighted by Gasteiger charge is 2.66. The lowest BCUT2D eigenvalue weighted by molar-refractivity contribution is -0.391. The van der Waals surface area contributed by atoms with Crippen LogP contribution in [0, 0.1) is 0 Å². The van der Waals surface area contributed by atoms with Crippen LogP contribution in [0.4, 0.5) is 33.2 Å². The molecule has 1 saturated carbocycles. The highest BCUT2D eigenvalue weighted by Crippen LogP contribution is 2.51. The summed E-state index contributed by atoms with van der Waals surface area (Å²) in [5.74, 6) is -2.22. The number of nitrogens with zero attached hydrogens (tertiary/aromatic N) is 2. The fourth-order valence-corrected chi connectivity index (χ4v) is 6.63. The number of carbonyl (C=O) groups is 3. The summed E-state index contributed by atoms with van der Waals surface area (Å²) in [5, 5.41) is 14.0. The second-order valence-corrected chi connectivity index (χ2v) is 12.5. The molecular weight excluding hydrogens is 656 g/mol. The second kappa shape index (κ2) is 13.3. The largest absolute Gasteiger partial charge is 0.507 e. The van der Waals surface area contributed by atoms with Gasteiger partial charge in [0.15, 0.2) is 16.6 Å². The summed E-state index contributed by atoms with van der Waals surface area (Å²) >= 11 is 0.760. The van der Waals surface area contributed by atoms with Crippen molar-refractivity contribution >= 4 is 50.3 Å². The number of thiazole rings is 1. The van der Waals surface area contributed by atoms with Crippen molar-refractivity contribution in [1.29, 1.82) is 0 Å². The lowest BCUT2D eigenvalue weighted by Gasteiger charge is -2.31. The lowest BCUT2D eigenvalue weighted by atomic mass is 9.84. The molecule has 252 valence electrons. The van der Waals surface area contributed by atoms with E-state index in [1.54, 1.807) is 24.3 Å². The fraction of sp³-hybridized carbons (Fsp3) is 0.333. The number of aromatic nitrogens is 1. The van der Waals surface area contributed by atoms with Gasteiger partial charge in [-0.05, 0) is 66.3 Å². The predicted molar refractivity (Wildman–Crippen MR) is 169 cm³/mol. The third-order valence-corrected chi connectivity index (χ3v) is 9.19. The molecule has 15 heteroatoms. The molecule has 1 aromatic heterocycles. The van der Waals surface area contributed by atoms with E-state index in [1.165, 1.54) is 23.0 Å². The zero-order valence-electron chi connectivity index (χ0n) is 25.3. The number of urea groups is 1. The maximum atomic E-state index is 14.0. The molecule has 3 aromatic carbocycles. The van der Waals surface area contributed by atoms with Crippen LogP contribution in [0.25, 0.3) is 10.2 Å². The number of anilines is 2. The Bertz CT molecular complexity index is 1830. The van der Waals surface area contributed by atoms with Crippen molar-refractivity contribution in [2.24, 2.45) is 0 Å². The molecule has 48 heavy (non-hydrogen) atoms. The number of carbonyl (C=O) groups excluding carboxylic acids is 2. The summed E-state index contributed by atoms with van der Waals surface area (Å²) in [6.45, 7) is 0.0391. The number of aliphatic carboxylic acids is 1. The Kier molecular flexibility index (Phi) is 9.14. The Hall–Kier alpha value is -4.92. The minimum absolute atomic E-state index is 0.00450. The van der Waals surface area contributed by atoms with Gasteiger partial charge in [0.2, 0.25) is 0 Å². The summed E-state index contributed by atoms with van der Waals surface area (Å²) in [4.78, 5) is 42.7. The number of carboxylic acids is 1. The number of hydrogen-bond acceptors (Lipinski definition) is 7. The van der Waals surface area contributed by atoms with Crippen LogP contribution in [-0.2, 0) is 11.3 Å². The van der Waals surface area contributed by atoms with Crippen molar-refractivity contribution in [3.05, 3.63) is 77.4 Å². The van der Waals surface area contributed by atoms with Crippen LogP contribution < -0.4 is 25.0 Å². The van der Waals surface area contributed by atoms with Crippen LogP contribution in [-0.4, -0.2) is 46.8 Å². The van der Waals surface area contributed by atoms with Crippen LogP contribution in [0.3, 0.4) is 0 Å². The minimum Gasteiger partial charge on any atom is -0.481 e. The van der Waals surface area contributed by atoms with Crippen molar-refractivity contribution in [3.8, 4) is 11.5 Å². The van der Waals surface area contributed by atoms with Crippen molar-refractivity contribution in [1.82, 2.24) is 10.3 Å². The fourth-order valence-electron chi connectivity index (χ4n) is 5.70. The Labute approximate surface area is 275 Å². The van der Waals surface area contributed by atoms with Gasteiger partial charge in [0, 0.05) is 17.8 Å². The van der Waals surface area contributed by atoms with E-state index in [0.29, 0.717) is 22.7 Å². The van der Waals surface area contributed by atoms with Crippen molar-refractivity contribution in [2.75, 3.05) is 16.8 Å². The summed E-state index contributed by atoms with van der Waals surface area (Å²) in [7, 11) is 0. The highest BCUT2D eigenvalue weighted by molar-refractivity contribution is 7.22. The average molecular weight is 687 g/mol. The average Bonchev–Trinajstić information content (AvgIpc) is 3.47. The standard InChI is InChI=1S/C33H30F4N4O6S/c34-32(35)33(36,37)47-27-25(46-32)15-14-24-28(27)48-30(39-24)40-31(45)41(23-12-10-21(11-13-23)20-4-2-1-3-5-20)18-19-6-8-22(9-7-19)29(44)38-17-16-26(42)43/h6-15,20H,1-5,16-18H2,(H,38,44)(H,42,43)(H,39,40,45). The third kappa shape index (κ3) is 7.00. The Balaban J connectivity index is 1.24. The molecule has 2 heterocycles. The number of benzene rings is 3. The molecule has 6 rings (SSSR count). The zero-order valence-corrected chi connectivity index (χ0v) is 26.1. The minimum atomic E-state index is -4.92. The van der Waals surface area contributed by atoms with Crippen molar-refractivity contribution < 1.29 is 46.5 Å². The number of carboxylic acid groups (broad SMARTS) is 1. The van der Waals surface area contributed by atoms with Gasteiger partial charge in [-0.3, -0.25) is 19.8 Å². The number of amides is 3. The van der Waals surface area contributed by atoms with Crippen molar-refractivity contribution in [3.63, 3.8) is 0 Å². The maximum Gasteiger partial charge on any atom is 0.507 e. The molecule has 0 unspecified atom stereocenters. The molecule has 3 N–H and O–H groups in total. The number of nitrogens with one attached hydrogen (secondary N) is 2. The first-order valence-electron chi connectivity index (χ1n) is 15.2. The van der Waals surface area contributed by atoms with Gasteiger partial charge < -0.3 is 19.9 Å². The maximum absolute atomic E-state index is 14.0. The van der Waals surface area contributed by atoms with E-state index in [9.17, 15) is 31.9 Å². The van der Waals surface area contributed by atoms with Crippen LogP contribution >= 0.6 is 11.3 Å². The summed E-state index contributed by atoms with van der Waals surface area (Å²) in [5.41, 5.74) is 2.83. The van der Waals surface area contributed by atoms with Gasteiger partial charge in [-0.1, -0.05) is 54.9 Å². The third-order valence-electron chi connectivity index (χ3n) is 8.20. The molecule has 4 aromatic rings. The number of rotatable bonds is 9. The highest BCUT2D eigenvalue weighted by atomic mass is 32.1. The molecule has 2 aliphatic rings. The molecule has 0 radical (unpaired) electrons. The number of ether oxygens (including phenoxy) is 2. The quantitative estimate of drug-likeness (QED) is 0.154. The predicted octanol–water partition coefficient (Wildman–Crippen LogP) is 7.74. The van der Waals surface area contributed by atoms with Crippen LogP contribution in [0.1, 0.15) is 65.9 Å². The van der Waals surface area contributed by atoms with E-state index < -0.39 is 41.6 Å². The zero-order chi connectivity index (χ0) is 34.1. The molecule has 1 aliphatic heterocycles. The smallest absolute Gasteiger partial charge is 0.481 e. The number of fused-ring (bicyclic) bond motifs is 3. The Morgan fingerprint density at radius 1 is 0.917 bits per heavy atom. The van der Waals surface area contributed by atoms with Crippen LogP contribution in [0.2, 0.25) is 0 Å². The topological polar surface area (TPSA) is 130 Å².